The highest BCUT2D eigenvalue weighted by molar-refractivity contribution is 8.21. The number of thioether (sulfide) groups is 2. The van der Waals surface area contributed by atoms with E-state index >= 15 is 0 Å². The summed E-state index contributed by atoms with van der Waals surface area (Å²) in [5, 5.41) is 4.39. The third kappa shape index (κ3) is 1.34. The fourth-order valence-corrected chi connectivity index (χ4v) is 4.68. The van der Waals surface area contributed by atoms with Gasteiger partial charge in [-0.15, -0.1) is 23.5 Å². The molecule has 4 rings (SSSR count). The van der Waals surface area contributed by atoms with Gasteiger partial charge in [-0.1, -0.05) is 42.5 Å². The highest BCUT2D eigenvalue weighted by Gasteiger charge is 2.28. The zero-order valence-electron chi connectivity index (χ0n) is 9.09. The zero-order chi connectivity index (χ0) is 11.2. The Morgan fingerprint density at radius 3 is 2.24 bits per heavy atom. The normalized spacial score (nSPS) is 16.5. The first-order valence-electron chi connectivity index (χ1n) is 5.64. The molecule has 2 aromatic rings. The summed E-state index contributed by atoms with van der Waals surface area (Å²) in [6.45, 7) is 0. The van der Waals surface area contributed by atoms with E-state index in [1.807, 2.05) is 23.5 Å². The van der Waals surface area contributed by atoms with Crippen molar-refractivity contribution in [2.24, 2.45) is 0 Å². The fraction of sp³-hybridized carbons (Fsp3) is 0.0667. The summed E-state index contributed by atoms with van der Waals surface area (Å²) >= 11 is 3.82. The molecule has 0 fully saturated rings. The average Bonchev–Trinajstić information content (AvgIpc) is 2.89. The van der Waals surface area contributed by atoms with Crippen molar-refractivity contribution in [3.8, 4) is 22.3 Å². The second kappa shape index (κ2) is 3.69. The van der Waals surface area contributed by atoms with E-state index in [0.29, 0.717) is 4.58 Å². The molecule has 0 N–H and O–H groups in total. The predicted octanol–water partition coefficient (Wildman–Crippen LogP) is 5.28. The number of benzene rings is 2. The topological polar surface area (TPSA) is 0 Å². The maximum Gasteiger partial charge on any atom is 0.0840 e. The SMILES string of the molecule is C1=CSC(c2cccc3c2-c2ccccc2-3)S1. The fourth-order valence-electron chi connectivity index (χ4n) is 2.55. The van der Waals surface area contributed by atoms with E-state index in [2.05, 4.69) is 53.3 Å². The van der Waals surface area contributed by atoms with E-state index in [1.54, 1.807) is 0 Å². The third-order valence-electron chi connectivity index (χ3n) is 3.30. The van der Waals surface area contributed by atoms with Crippen LogP contribution in [-0.4, -0.2) is 0 Å². The number of rotatable bonds is 1. The Morgan fingerprint density at radius 1 is 0.706 bits per heavy atom. The largest absolute Gasteiger partial charge is 0.114 e. The Morgan fingerprint density at radius 2 is 1.41 bits per heavy atom. The number of hydrogen-bond acceptors (Lipinski definition) is 2. The molecule has 0 amide bonds. The van der Waals surface area contributed by atoms with Gasteiger partial charge in [-0.05, 0) is 38.6 Å². The molecule has 2 heteroatoms. The molecule has 0 bridgehead atoms. The summed E-state index contributed by atoms with van der Waals surface area (Å²) in [7, 11) is 0. The van der Waals surface area contributed by atoms with Gasteiger partial charge in [0.05, 0.1) is 4.58 Å². The summed E-state index contributed by atoms with van der Waals surface area (Å²) in [5.41, 5.74) is 7.20. The van der Waals surface area contributed by atoms with Crippen molar-refractivity contribution in [2.45, 2.75) is 4.58 Å². The standard InChI is InChI=1S/C15H10S2/c1-2-5-11-10(4-1)12-6-3-7-13(14(11)12)15-16-8-9-17-15/h1-9,15H. The van der Waals surface area contributed by atoms with Crippen LogP contribution in [-0.2, 0) is 0 Å². The van der Waals surface area contributed by atoms with Crippen molar-refractivity contribution in [1.82, 2.24) is 0 Å². The highest BCUT2D eigenvalue weighted by Crippen LogP contribution is 2.55. The molecule has 17 heavy (non-hydrogen) atoms. The lowest BCUT2D eigenvalue weighted by Crippen LogP contribution is -2.03. The van der Waals surface area contributed by atoms with Crippen LogP contribution in [0.5, 0.6) is 0 Å². The molecule has 2 aliphatic rings. The van der Waals surface area contributed by atoms with Gasteiger partial charge in [0.15, 0.2) is 0 Å². The average molecular weight is 254 g/mol. The van der Waals surface area contributed by atoms with E-state index in [0.717, 1.165) is 0 Å². The second-order valence-electron chi connectivity index (χ2n) is 4.19. The first-order valence-corrected chi connectivity index (χ1v) is 7.52. The minimum Gasteiger partial charge on any atom is -0.114 e. The van der Waals surface area contributed by atoms with E-state index in [-0.39, 0.29) is 0 Å². The molecule has 0 atom stereocenters. The van der Waals surface area contributed by atoms with Crippen molar-refractivity contribution in [3.05, 3.63) is 58.8 Å². The van der Waals surface area contributed by atoms with Crippen molar-refractivity contribution in [2.75, 3.05) is 0 Å². The van der Waals surface area contributed by atoms with Crippen LogP contribution in [0, 0.1) is 0 Å². The molecule has 0 spiro atoms. The Bertz CT molecular complexity index is 621. The molecular weight excluding hydrogens is 244 g/mol. The van der Waals surface area contributed by atoms with Gasteiger partial charge in [0.2, 0.25) is 0 Å². The lowest BCUT2D eigenvalue weighted by Gasteiger charge is -2.28. The van der Waals surface area contributed by atoms with Gasteiger partial charge in [-0.3, -0.25) is 0 Å². The van der Waals surface area contributed by atoms with Gasteiger partial charge >= 0.3 is 0 Å². The second-order valence-corrected chi connectivity index (χ2v) is 6.52. The van der Waals surface area contributed by atoms with Gasteiger partial charge in [-0.2, -0.15) is 0 Å². The predicted molar refractivity (Wildman–Crippen MR) is 77.9 cm³/mol. The molecule has 0 aromatic heterocycles. The number of fused-ring (bicyclic) bond motifs is 4. The zero-order valence-corrected chi connectivity index (χ0v) is 10.7. The van der Waals surface area contributed by atoms with Gasteiger partial charge < -0.3 is 0 Å². The summed E-state index contributed by atoms with van der Waals surface area (Å²) in [5.74, 6) is 0. The van der Waals surface area contributed by atoms with Gasteiger partial charge in [-0.25, -0.2) is 0 Å². The van der Waals surface area contributed by atoms with Gasteiger partial charge in [0.1, 0.15) is 0 Å². The molecule has 82 valence electrons. The van der Waals surface area contributed by atoms with E-state index < -0.39 is 0 Å². The van der Waals surface area contributed by atoms with Crippen LogP contribution < -0.4 is 0 Å². The lowest BCUT2D eigenvalue weighted by molar-refractivity contribution is 1.36. The van der Waals surface area contributed by atoms with Crippen LogP contribution in [0.25, 0.3) is 22.3 Å². The third-order valence-corrected chi connectivity index (χ3v) is 5.72. The Kier molecular flexibility index (Phi) is 2.14. The Balaban J connectivity index is 1.88. The van der Waals surface area contributed by atoms with Crippen LogP contribution in [0.1, 0.15) is 10.1 Å². The first kappa shape index (κ1) is 9.86. The molecule has 0 saturated carbocycles. The van der Waals surface area contributed by atoms with Crippen molar-refractivity contribution < 1.29 is 0 Å². The van der Waals surface area contributed by atoms with Crippen molar-refractivity contribution in [1.29, 1.82) is 0 Å². The molecule has 0 unspecified atom stereocenters. The molecule has 2 aromatic carbocycles. The van der Waals surface area contributed by atoms with Crippen molar-refractivity contribution >= 4 is 23.5 Å². The van der Waals surface area contributed by atoms with Crippen LogP contribution >= 0.6 is 23.5 Å². The summed E-state index contributed by atoms with van der Waals surface area (Å²) in [6.07, 6.45) is 0. The first-order chi connectivity index (χ1) is 8.45. The number of hydrogen-bond donors (Lipinski definition) is 0. The molecule has 0 radical (unpaired) electrons. The highest BCUT2D eigenvalue weighted by atomic mass is 32.2. The Labute approximate surface area is 109 Å². The van der Waals surface area contributed by atoms with Crippen LogP contribution in [0.4, 0.5) is 0 Å². The summed E-state index contributed by atoms with van der Waals surface area (Å²) in [6, 6.07) is 15.4. The lowest BCUT2D eigenvalue weighted by atomic mass is 9.78. The minimum absolute atomic E-state index is 0.540. The molecule has 1 heterocycles. The summed E-state index contributed by atoms with van der Waals surface area (Å²) in [4.78, 5) is 0. The smallest absolute Gasteiger partial charge is 0.0840 e. The van der Waals surface area contributed by atoms with Gasteiger partial charge in [0, 0.05) is 0 Å². The van der Waals surface area contributed by atoms with Crippen molar-refractivity contribution in [3.63, 3.8) is 0 Å². The van der Waals surface area contributed by atoms with Crippen LogP contribution in [0.2, 0.25) is 0 Å². The molecule has 0 saturated heterocycles. The molecule has 0 nitrogen and oxygen atoms in total. The van der Waals surface area contributed by atoms with Crippen LogP contribution in [0.15, 0.2) is 53.3 Å². The van der Waals surface area contributed by atoms with Gasteiger partial charge in [0.25, 0.3) is 0 Å². The molecular formula is C15H10S2. The monoisotopic (exact) mass is 254 g/mol. The molecule has 1 aliphatic carbocycles. The van der Waals surface area contributed by atoms with Crippen LogP contribution in [0.3, 0.4) is 0 Å². The van der Waals surface area contributed by atoms with E-state index in [9.17, 15) is 0 Å². The maximum absolute atomic E-state index is 2.27. The minimum atomic E-state index is 0.540. The quantitative estimate of drug-likeness (QED) is 0.579. The molecule has 1 aliphatic heterocycles. The Hall–Kier alpha value is -1.12. The summed E-state index contributed by atoms with van der Waals surface area (Å²) < 4.78 is 0.540. The maximum atomic E-state index is 2.27. The van der Waals surface area contributed by atoms with E-state index in [1.165, 1.54) is 27.8 Å². The van der Waals surface area contributed by atoms with E-state index in [4.69, 9.17) is 0 Å².